The van der Waals surface area contributed by atoms with Crippen LogP contribution in [0.15, 0.2) is 11.6 Å². The van der Waals surface area contributed by atoms with Gasteiger partial charge in [0.15, 0.2) is 0 Å². The minimum atomic E-state index is -0.823. The molecule has 2 N–H and O–H groups in total. The summed E-state index contributed by atoms with van der Waals surface area (Å²) < 4.78 is 6.15. The van der Waals surface area contributed by atoms with Gasteiger partial charge in [-0.15, -0.1) is 0 Å². The summed E-state index contributed by atoms with van der Waals surface area (Å²) in [6.07, 6.45) is 7.65. The zero-order valence-corrected chi connectivity index (χ0v) is 15.7. The lowest BCUT2D eigenvalue weighted by Crippen LogP contribution is -2.32. The molecule has 0 aromatic carbocycles. The van der Waals surface area contributed by atoms with E-state index in [0.717, 1.165) is 25.7 Å². The van der Waals surface area contributed by atoms with Crippen LogP contribution in [0.3, 0.4) is 0 Å². The van der Waals surface area contributed by atoms with Crippen LogP contribution in [-0.2, 0) is 14.3 Å². The van der Waals surface area contributed by atoms with Crippen LogP contribution in [0.4, 0.5) is 0 Å². The van der Waals surface area contributed by atoms with Gasteiger partial charge in [-0.05, 0) is 71.6 Å². The van der Waals surface area contributed by atoms with Gasteiger partial charge in [-0.3, -0.25) is 9.59 Å². The molecule has 0 spiro atoms. The number of carbonyl (C=O) groups is 2. The minimum absolute atomic E-state index is 0.270. The van der Waals surface area contributed by atoms with Gasteiger partial charge in [-0.25, -0.2) is 0 Å². The predicted molar refractivity (Wildman–Crippen MR) is 95.4 cm³/mol. The van der Waals surface area contributed by atoms with Crippen LogP contribution in [0, 0.1) is 17.8 Å². The summed E-state index contributed by atoms with van der Waals surface area (Å²) in [6.45, 7) is 6.23. The molecule has 4 atom stereocenters. The third kappa shape index (κ3) is 5.30. The number of allylic oxidation sites excluding steroid dienone is 2. The highest BCUT2D eigenvalue weighted by atomic mass is 16.5. The molecule has 2 aliphatic rings. The number of ether oxygens (including phenoxy) is 1. The Bertz CT molecular complexity index is 522. The lowest BCUT2D eigenvalue weighted by atomic mass is 9.82. The zero-order chi connectivity index (χ0) is 18.6. The maximum absolute atomic E-state index is 11.8. The van der Waals surface area contributed by atoms with Crippen molar-refractivity contribution >= 4 is 11.9 Å². The van der Waals surface area contributed by atoms with Gasteiger partial charge in [0, 0.05) is 0 Å². The molecule has 2 bridgehead atoms. The first-order valence-electron chi connectivity index (χ1n) is 9.49. The third-order valence-electron chi connectivity index (χ3n) is 6.03. The van der Waals surface area contributed by atoms with Crippen molar-refractivity contribution in [2.45, 2.75) is 83.8 Å². The second-order valence-electron chi connectivity index (χ2n) is 8.27. The molecule has 1 aliphatic carbocycles. The largest absolute Gasteiger partial charge is 0.481 e. The van der Waals surface area contributed by atoms with Crippen LogP contribution in [0.5, 0.6) is 0 Å². The Hall–Kier alpha value is -1.36. The van der Waals surface area contributed by atoms with Crippen LogP contribution < -0.4 is 0 Å². The van der Waals surface area contributed by atoms with E-state index in [0.29, 0.717) is 31.6 Å². The Morgan fingerprint density at radius 3 is 2.48 bits per heavy atom. The topological polar surface area (TPSA) is 83.8 Å². The van der Waals surface area contributed by atoms with Gasteiger partial charge < -0.3 is 14.9 Å². The fraction of sp³-hybridized carbons (Fsp3) is 0.800. The van der Waals surface area contributed by atoms with Crippen molar-refractivity contribution in [3.05, 3.63) is 11.6 Å². The Kier molecular flexibility index (Phi) is 6.66. The van der Waals surface area contributed by atoms with Crippen molar-refractivity contribution in [3.8, 4) is 0 Å². The van der Waals surface area contributed by atoms with Gasteiger partial charge in [0.25, 0.3) is 0 Å². The molecule has 5 heteroatoms. The van der Waals surface area contributed by atoms with Crippen LogP contribution >= 0.6 is 0 Å². The van der Waals surface area contributed by atoms with Crippen molar-refractivity contribution in [2.24, 2.45) is 17.8 Å². The number of rotatable bonds is 2. The summed E-state index contributed by atoms with van der Waals surface area (Å²) >= 11 is 0. The minimum Gasteiger partial charge on any atom is -0.481 e. The lowest BCUT2D eigenvalue weighted by Gasteiger charge is -2.27. The molecular weight excluding hydrogens is 320 g/mol. The Morgan fingerprint density at radius 1 is 1.12 bits per heavy atom. The van der Waals surface area contributed by atoms with Crippen molar-refractivity contribution in [1.82, 2.24) is 0 Å². The van der Waals surface area contributed by atoms with E-state index < -0.39 is 23.8 Å². The van der Waals surface area contributed by atoms with Gasteiger partial charge in [-0.1, -0.05) is 18.1 Å². The average molecular weight is 352 g/mol. The highest BCUT2D eigenvalue weighted by Crippen LogP contribution is 2.42. The molecule has 5 nitrogen and oxygen atoms in total. The van der Waals surface area contributed by atoms with Crippen LogP contribution in [-0.4, -0.2) is 33.9 Å². The van der Waals surface area contributed by atoms with E-state index in [1.807, 2.05) is 0 Å². The molecule has 1 heterocycles. The number of carboxylic acids is 2. The fourth-order valence-electron chi connectivity index (χ4n) is 4.29. The van der Waals surface area contributed by atoms with Crippen molar-refractivity contribution in [3.63, 3.8) is 0 Å². The van der Waals surface area contributed by atoms with E-state index in [4.69, 9.17) is 4.74 Å². The molecule has 0 radical (unpaired) electrons. The quantitative estimate of drug-likeness (QED) is 0.725. The number of hydrogen-bond acceptors (Lipinski definition) is 3. The molecule has 1 fully saturated rings. The highest BCUT2D eigenvalue weighted by molar-refractivity contribution is 5.71. The summed E-state index contributed by atoms with van der Waals surface area (Å²) in [5.74, 6) is -2.18. The summed E-state index contributed by atoms with van der Waals surface area (Å²) in [6, 6.07) is 0. The number of fused-ring (bicyclic) bond motifs is 2. The molecule has 0 amide bonds. The second-order valence-corrected chi connectivity index (χ2v) is 8.27. The fourth-order valence-corrected chi connectivity index (χ4v) is 4.29. The van der Waals surface area contributed by atoms with Gasteiger partial charge in [0.05, 0.1) is 23.5 Å². The third-order valence-corrected chi connectivity index (χ3v) is 6.03. The molecule has 4 unspecified atom stereocenters. The molecule has 0 saturated carbocycles. The van der Waals surface area contributed by atoms with Crippen LogP contribution in [0.1, 0.15) is 72.1 Å². The zero-order valence-electron chi connectivity index (χ0n) is 15.7. The van der Waals surface area contributed by atoms with Gasteiger partial charge >= 0.3 is 11.9 Å². The van der Waals surface area contributed by atoms with Crippen molar-refractivity contribution in [2.75, 3.05) is 0 Å². The highest BCUT2D eigenvalue weighted by Gasteiger charge is 2.45. The van der Waals surface area contributed by atoms with Crippen LogP contribution in [0.2, 0.25) is 0 Å². The summed E-state index contributed by atoms with van der Waals surface area (Å²) in [5.41, 5.74) is 0.984. The smallest absolute Gasteiger partial charge is 0.309 e. The molecular formula is C20H32O5. The van der Waals surface area contributed by atoms with E-state index in [-0.39, 0.29) is 11.7 Å². The molecule has 2 rings (SSSR count). The first-order valence-corrected chi connectivity index (χ1v) is 9.49. The normalized spacial score (nSPS) is 34.0. The van der Waals surface area contributed by atoms with Crippen LogP contribution in [0.25, 0.3) is 0 Å². The average Bonchev–Trinajstić information content (AvgIpc) is 2.80. The maximum atomic E-state index is 11.8. The SMILES string of the molecule is CC1=CCCC(C(=O)O)CCCC(C(=O)O)C2CC(CC1)C(C)(C)O2. The number of carboxylic acid groups (broad SMARTS) is 2. The second kappa shape index (κ2) is 8.35. The number of aliphatic carboxylic acids is 2. The molecule has 142 valence electrons. The molecule has 1 aliphatic heterocycles. The maximum Gasteiger partial charge on any atom is 0.309 e. The van der Waals surface area contributed by atoms with Gasteiger partial charge in [-0.2, -0.15) is 0 Å². The lowest BCUT2D eigenvalue weighted by molar-refractivity contribution is -0.149. The Balaban J connectivity index is 2.18. The number of hydrogen-bond donors (Lipinski definition) is 2. The van der Waals surface area contributed by atoms with Crippen molar-refractivity contribution in [1.29, 1.82) is 0 Å². The van der Waals surface area contributed by atoms with E-state index >= 15 is 0 Å². The van der Waals surface area contributed by atoms with Gasteiger partial charge in [0.2, 0.25) is 0 Å². The van der Waals surface area contributed by atoms with Crippen molar-refractivity contribution < 1.29 is 24.5 Å². The monoisotopic (exact) mass is 352 g/mol. The summed E-state index contributed by atoms with van der Waals surface area (Å²) in [7, 11) is 0. The van der Waals surface area contributed by atoms with E-state index in [2.05, 4.69) is 26.8 Å². The standard InChI is InChI=1S/C20H32O5/c1-13-6-4-7-14(18(21)22)8-5-9-16(19(23)24)17-12-15(11-10-13)20(2,3)25-17/h6,14-17H,4-5,7-12H2,1-3H3,(H,21,22)(H,23,24). The summed E-state index contributed by atoms with van der Waals surface area (Å²) in [4.78, 5) is 23.2. The van der Waals surface area contributed by atoms with E-state index in [1.165, 1.54) is 5.57 Å². The molecule has 0 aromatic rings. The predicted octanol–water partition coefficient (Wildman–Crippen LogP) is 4.26. The van der Waals surface area contributed by atoms with E-state index in [9.17, 15) is 19.8 Å². The first-order chi connectivity index (χ1) is 11.7. The van der Waals surface area contributed by atoms with E-state index in [1.54, 1.807) is 0 Å². The molecule has 1 saturated heterocycles. The first kappa shape index (κ1) is 20.0. The Morgan fingerprint density at radius 2 is 1.84 bits per heavy atom. The molecule has 0 aromatic heterocycles. The Labute approximate surface area is 150 Å². The molecule has 25 heavy (non-hydrogen) atoms. The summed E-state index contributed by atoms with van der Waals surface area (Å²) in [5, 5.41) is 19.0. The van der Waals surface area contributed by atoms with Gasteiger partial charge in [0.1, 0.15) is 0 Å².